The van der Waals surface area contributed by atoms with Gasteiger partial charge in [-0.05, 0) is 42.9 Å². The van der Waals surface area contributed by atoms with Gasteiger partial charge in [-0.25, -0.2) is 4.98 Å². The number of hydrogen-bond acceptors (Lipinski definition) is 3. The number of hydrogen-bond donors (Lipinski definition) is 1. The lowest BCUT2D eigenvalue weighted by molar-refractivity contribution is -0.133. The van der Waals surface area contributed by atoms with E-state index in [9.17, 15) is 9.59 Å². The maximum Gasteiger partial charge on any atom is 0.298 e. The summed E-state index contributed by atoms with van der Waals surface area (Å²) in [5, 5.41) is 1.09. The summed E-state index contributed by atoms with van der Waals surface area (Å²) in [6.45, 7) is 1.34. The fraction of sp³-hybridized carbons (Fsp3) is 0.522. The average Bonchev–Trinajstić information content (AvgIpc) is 3.17. The molecule has 4 rings (SSSR count). The number of likely N-dealkylation sites (tertiary alicyclic amines) is 1. The number of H-pyrrole nitrogens is 1. The Bertz CT molecular complexity index is 909. The maximum atomic E-state index is 12.3. The molecule has 1 aliphatic heterocycles. The first-order chi connectivity index (χ1) is 13.7. The minimum absolute atomic E-state index is 0.0686. The van der Waals surface area contributed by atoms with Crippen LogP contribution in [0.25, 0.3) is 11.0 Å². The van der Waals surface area contributed by atoms with Gasteiger partial charge in [0.2, 0.25) is 0 Å². The number of Topliss-reactive ketones (excluding diaryl/α,β-unsaturated/α-hetero) is 1. The number of fused-ring (bicyclic) bond motifs is 1. The summed E-state index contributed by atoms with van der Waals surface area (Å²) in [5.41, 5.74) is 2.02. The first kappa shape index (κ1) is 18.7. The molecule has 28 heavy (non-hydrogen) atoms. The summed E-state index contributed by atoms with van der Waals surface area (Å²) in [5.74, 6) is 6.88. The summed E-state index contributed by atoms with van der Waals surface area (Å²) >= 11 is 0. The zero-order valence-electron chi connectivity index (χ0n) is 16.2. The third kappa shape index (κ3) is 4.44. The molecule has 5 heteroatoms. The summed E-state index contributed by atoms with van der Waals surface area (Å²) in [4.78, 5) is 33.7. The second-order valence-electron chi connectivity index (χ2n) is 8.13. The molecule has 5 nitrogen and oxygen atoms in total. The smallest absolute Gasteiger partial charge is 0.298 e. The summed E-state index contributed by atoms with van der Waals surface area (Å²) < 4.78 is 0. The molecule has 0 spiro atoms. The molecule has 1 saturated heterocycles. The molecule has 3 heterocycles. The second kappa shape index (κ2) is 8.60. The van der Waals surface area contributed by atoms with Crippen molar-refractivity contribution in [1.82, 2.24) is 14.9 Å². The van der Waals surface area contributed by atoms with Crippen molar-refractivity contribution in [3.05, 3.63) is 30.1 Å². The Morgan fingerprint density at radius 3 is 2.82 bits per heavy atom. The Labute approximate surface area is 165 Å². The van der Waals surface area contributed by atoms with Gasteiger partial charge >= 0.3 is 0 Å². The van der Waals surface area contributed by atoms with Crippen molar-refractivity contribution in [3.8, 4) is 11.8 Å². The number of carbonyl (C=O) groups is 2. The van der Waals surface area contributed by atoms with Gasteiger partial charge in [0.25, 0.3) is 5.91 Å². The van der Waals surface area contributed by atoms with Crippen molar-refractivity contribution in [2.45, 2.75) is 51.4 Å². The van der Waals surface area contributed by atoms with Crippen LogP contribution in [0, 0.1) is 23.7 Å². The van der Waals surface area contributed by atoms with Crippen LogP contribution in [-0.2, 0) is 16.0 Å². The van der Waals surface area contributed by atoms with Gasteiger partial charge in [0.1, 0.15) is 11.4 Å². The van der Waals surface area contributed by atoms with E-state index in [0.717, 1.165) is 35.9 Å². The molecule has 1 amide bonds. The highest BCUT2D eigenvalue weighted by Crippen LogP contribution is 2.24. The van der Waals surface area contributed by atoms with E-state index in [4.69, 9.17) is 0 Å². The Kier molecular flexibility index (Phi) is 5.76. The molecular formula is C23H27N3O2. The van der Waals surface area contributed by atoms with Crippen LogP contribution in [0.15, 0.2) is 24.5 Å². The molecule has 0 atom stereocenters. The monoisotopic (exact) mass is 377 g/mol. The van der Waals surface area contributed by atoms with Crippen LogP contribution in [-0.4, -0.2) is 39.6 Å². The van der Waals surface area contributed by atoms with Crippen LogP contribution in [0.3, 0.4) is 0 Å². The van der Waals surface area contributed by atoms with Gasteiger partial charge in [-0.15, -0.1) is 0 Å². The Morgan fingerprint density at radius 2 is 2.00 bits per heavy atom. The third-order valence-electron chi connectivity index (χ3n) is 5.97. The summed E-state index contributed by atoms with van der Waals surface area (Å²) in [7, 11) is 0. The molecule has 1 saturated carbocycles. The molecule has 2 aromatic rings. The topological polar surface area (TPSA) is 66.1 Å². The quantitative estimate of drug-likeness (QED) is 0.811. The molecule has 2 fully saturated rings. The average molecular weight is 377 g/mol. The zero-order valence-corrected chi connectivity index (χ0v) is 16.2. The predicted octanol–water partition coefficient (Wildman–Crippen LogP) is 3.50. The number of rotatable bonds is 5. The predicted molar refractivity (Wildman–Crippen MR) is 108 cm³/mol. The van der Waals surface area contributed by atoms with E-state index in [-0.39, 0.29) is 17.6 Å². The molecule has 0 bridgehead atoms. The van der Waals surface area contributed by atoms with Crippen molar-refractivity contribution in [1.29, 1.82) is 0 Å². The molecule has 2 aliphatic rings. The molecule has 0 unspecified atom stereocenters. The number of aryl methyl sites for hydroxylation is 1. The van der Waals surface area contributed by atoms with Crippen LogP contribution in [0.5, 0.6) is 0 Å². The maximum absolute atomic E-state index is 12.3. The van der Waals surface area contributed by atoms with Crippen molar-refractivity contribution in [3.63, 3.8) is 0 Å². The van der Waals surface area contributed by atoms with Gasteiger partial charge in [0.15, 0.2) is 0 Å². The lowest BCUT2D eigenvalue weighted by atomic mass is 9.89. The van der Waals surface area contributed by atoms with Crippen molar-refractivity contribution in [2.75, 3.05) is 13.1 Å². The zero-order chi connectivity index (χ0) is 19.3. The number of amides is 1. The summed E-state index contributed by atoms with van der Waals surface area (Å²) in [6, 6.07) is 3.99. The molecule has 0 radical (unpaired) electrons. The van der Waals surface area contributed by atoms with E-state index in [0.29, 0.717) is 31.8 Å². The van der Waals surface area contributed by atoms with Gasteiger partial charge < -0.3 is 9.88 Å². The Balaban J connectivity index is 1.19. The summed E-state index contributed by atoms with van der Waals surface area (Å²) in [6.07, 6.45) is 11.5. The lowest BCUT2D eigenvalue weighted by Crippen LogP contribution is -2.50. The van der Waals surface area contributed by atoms with Crippen molar-refractivity contribution >= 4 is 22.7 Å². The number of nitrogens with zero attached hydrogens (tertiary/aromatic N) is 2. The molecule has 0 aromatic carbocycles. The lowest BCUT2D eigenvalue weighted by Gasteiger charge is -2.37. The molecule has 1 N–H and O–H groups in total. The minimum atomic E-state index is -0.0686. The fourth-order valence-corrected chi connectivity index (χ4v) is 4.29. The SMILES string of the molecule is O=C(CCc1ccnc2[nH]ccc12)CC1CN(C(=O)C#CC2CCCCC2)C1. The van der Waals surface area contributed by atoms with E-state index in [1.54, 1.807) is 11.1 Å². The van der Waals surface area contributed by atoms with E-state index in [1.165, 1.54) is 19.3 Å². The number of aromatic amines is 1. The number of ketones is 1. The minimum Gasteiger partial charge on any atom is -0.346 e. The van der Waals surface area contributed by atoms with Gasteiger partial charge in [-0.2, -0.15) is 0 Å². The van der Waals surface area contributed by atoms with Gasteiger partial charge in [0.05, 0.1) is 0 Å². The first-order valence-corrected chi connectivity index (χ1v) is 10.4. The van der Waals surface area contributed by atoms with Crippen molar-refractivity contribution < 1.29 is 9.59 Å². The standard InChI is InChI=1S/C23H27N3O2/c27-20(8-7-19-10-12-24-23-21(19)11-13-25-23)14-18-15-26(16-18)22(28)9-6-17-4-2-1-3-5-17/h10-13,17-18H,1-5,7-8,14-16H2,(H,24,25). The highest BCUT2D eigenvalue weighted by Gasteiger charge is 2.31. The van der Waals surface area contributed by atoms with Crippen LogP contribution in [0.2, 0.25) is 0 Å². The van der Waals surface area contributed by atoms with Crippen LogP contribution in [0.1, 0.15) is 50.5 Å². The van der Waals surface area contributed by atoms with Gasteiger partial charge in [0, 0.05) is 55.5 Å². The third-order valence-corrected chi connectivity index (χ3v) is 5.97. The number of nitrogens with one attached hydrogen (secondary N) is 1. The van der Waals surface area contributed by atoms with E-state index in [1.807, 2.05) is 18.3 Å². The van der Waals surface area contributed by atoms with Crippen LogP contribution in [0.4, 0.5) is 0 Å². The van der Waals surface area contributed by atoms with E-state index >= 15 is 0 Å². The van der Waals surface area contributed by atoms with Crippen LogP contribution < -0.4 is 0 Å². The number of carbonyl (C=O) groups excluding carboxylic acids is 2. The van der Waals surface area contributed by atoms with Crippen LogP contribution >= 0.6 is 0 Å². The molecule has 146 valence electrons. The molecule has 2 aromatic heterocycles. The van der Waals surface area contributed by atoms with E-state index in [2.05, 4.69) is 21.8 Å². The highest BCUT2D eigenvalue weighted by atomic mass is 16.2. The Morgan fingerprint density at radius 1 is 1.18 bits per heavy atom. The number of aromatic nitrogens is 2. The highest BCUT2D eigenvalue weighted by molar-refractivity contribution is 5.94. The molecule has 1 aliphatic carbocycles. The Hall–Kier alpha value is -2.61. The normalized spacial score (nSPS) is 17.8. The van der Waals surface area contributed by atoms with Gasteiger partial charge in [-0.3, -0.25) is 9.59 Å². The number of pyridine rings is 1. The van der Waals surface area contributed by atoms with Crippen molar-refractivity contribution in [2.24, 2.45) is 11.8 Å². The van der Waals surface area contributed by atoms with Gasteiger partial charge in [-0.1, -0.05) is 25.2 Å². The molecular weight excluding hydrogens is 350 g/mol. The first-order valence-electron chi connectivity index (χ1n) is 10.4. The fourth-order valence-electron chi connectivity index (χ4n) is 4.29. The van der Waals surface area contributed by atoms with E-state index < -0.39 is 0 Å². The second-order valence-corrected chi connectivity index (χ2v) is 8.13. The largest absolute Gasteiger partial charge is 0.346 e.